The SMILES string of the molecule is CCOc1cc(C=CC(=O)O)ccc1OCCC1CC1. The van der Waals surface area contributed by atoms with Crippen molar-refractivity contribution in [2.45, 2.75) is 26.2 Å². The first-order valence-electron chi connectivity index (χ1n) is 6.99. The lowest BCUT2D eigenvalue weighted by Crippen LogP contribution is -2.01. The van der Waals surface area contributed by atoms with E-state index < -0.39 is 5.97 Å². The van der Waals surface area contributed by atoms with E-state index in [1.807, 2.05) is 19.1 Å². The van der Waals surface area contributed by atoms with Crippen LogP contribution in [0.3, 0.4) is 0 Å². The van der Waals surface area contributed by atoms with Crippen LogP contribution in [0.4, 0.5) is 0 Å². The lowest BCUT2D eigenvalue weighted by molar-refractivity contribution is -0.131. The molecule has 2 rings (SSSR count). The molecule has 0 amide bonds. The molecule has 1 aliphatic carbocycles. The van der Waals surface area contributed by atoms with E-state index in [1.165, 1.54) is 12.8 Å². The third-order valence-electron chi connectivity index (χ3n) is 3.17. The summed E-state index contributed by atoms with van der Waals surface area (Å²) in [5.41, 5.74) is 0.783. The maximum atomic E-state index is 10.5. The van der Waals surface area contributed by atoms with Crippen LogP contribution in [-0.2, 0) is 4.79 Å². The summed E-state index contributed by atoms with van der Waals surface area (Å²) >= 11 is 0. The van der Waals surface area contributed by atoms with E-state index in [2.05, 4.69) is 0 Å². The topological polar surface area (TPSA) is 55.8 Å². The zero-order chi connectivity index (χ0) is 14.4. The Balaban J connectivity index is 2.03. The van der Waals surface area contributed by atoms with Crippen molar-refractivity contribution in [3.8, 4) is 11.5 Å². The highest BCUT2D eigenvalue weighted by Gasteiger charge is 2.21. The molecule has 4 heteroatoms. The molecule has 4 nitrogen and oxygen atoms in total. The molecule has 0 radical (unpaired) electrons. The number of benzene rings is 1. The normalized spacial score (nSPS) is 14.4. The number of hydrogen-bond donors (Lipinski definition) is 1. The minimum Gasteiger partial charge on any atom is -0.490 e. The number of hydrogen-bond acceptors (Lipinski definition) is 3. The van der Waals surface area contributed by atoms with Crippen molar-refractivity contribution in [1.29, 1.82) is 0 Å². The predicted octanol–water partition coefficient (Wildman–Crippen LogP) is 3.36. The molecule has 1 N–H and O–H groups in total. The molecule has 20 heavy (non-hydrogen) atoms. The van der Waals surface area contributed by atoms with Crippen LogP contribution in [0.1, 0.15) is 31.7 Å². The molecule has 1 aliphatic rings. The smallest absolute Gasteiger partial charge is 0.328 e. The van der Waals surface area contributed by atoms with Crippen molar-refractivity contribution in [1.82, 2.24) is 0 Å². The van der Waals surface area contributed by atoms with Gasteiger partial charge in [0.15, 0.2) is 11.5 Å². The highest BCUT2D eigenvalue weighted by atomic mass is 16.5. The molecule has 0 aliphatic heterocycles. The minimum atomic E-state index is -0.965. The van der Waals surface area contributed by atoms with Gasteiger partial charge >= 0.3 is 5.97 Å². The Morgan fingerprint density at radius 3 is 2.80 bits per heavy atom. The maximum Gasteiger partial charge on any atom is 0.328 e. The average molecular weight is 276 g/mol. The molecule has 0 spiro atoms. The maximum absolute atomic E-state index is 10.5. The summed E-state index contributed by atoms with van der Waals surface area (Å²) in [6, 6.07) is 5.46. The third kappa shape index (κ3) is 4.61. The van der Waals surface area contributed by atoms with Gasteiger partial charge in [0.1, 0.15) is 0 Å². The first kappa shape index (κ1) is 14.4. The molecule has 108 valence electrons. The van der Waals surface area contributed by atoms with E-state index in [9.17, 15) is 4.79 Å². The van der Waals surface area contributed by atoms with Crippen LogP contribution >= 0.6 is 0 Å². The second-order valence-electron chi connectivity index (χ2n) is 4.89. The van der Waals surface area contributed by atoms with E-state index >= 15 is 0 Å². The van der Waals surface area contributed by atoms with Crippen molar-refractivity contribution >= 4 is 12.0 Å². The van der Waals surface area contributed by atoms with Crippen LogP contribution in [0.5, 0.6) is 11.5 Å². The number of carboxylic acids is 1. The molecular weight excluding hydrogens is 256 g/mol. The standard InChI is InChI=1S/C16H20O4/c1-2-19-15-11-13(6-8-16(17)18)5-7-14(15)20-10-9-12-3-4-12/h5-8,11-12H,2-4,9-10H2,1H3,(H,17,18). The molecule has 1 aromatic rings. The summed E-state index contributed by atoms with van der Waals surface area (Å²) in [6.07, 6.45) is 6.38. The van der Waals surface area contributed by atoms with Gasteiger partial charge in [0.2, 0.25) is 0 Å². The first-order valence-corrected chi connectivity index (χ1v) is 6.99. The summed E-state index contributed by atoms with van der Waals surface area (Å²) in [5.74, 6) is 1.26. The largest absolute Gasteiger partial charge is 0.490 e. The zero-order valence-electron chi connectivity index (χ0n) is 11.7. The fourth-order valence-corrected chi connectivity index (χ4v) is 1.93. The van der Waals surface area contributed by atoms with Gasteiger partial charge in [-0.25, -0.2) is 4.79 Å². The van der Waals surface area contributed by atoms with Crippen molar-refractivity contribution in [3.63, 3.8) is 0 Å². The Hall–Kier alpha value is -1.97. The van der Waals surface area contributed by atoms with Crippen molar-refractivity contribution in [2.24, 2.45) is 5.92 Å². The van der Waals surface area contributed by atoms with Crippen LogP contribution in [0.25, 0.3) is 6.08 Å². The molecule has 0 atom stereocenters. The summed E-state index contributed by atoms with van der Waals surface area (Å²) in [5, 5.41) is 8.63. The lowest BCUT2D eigenvalue weighted by Gasteiger charge is -2.12. The van der Waals surface area contributed by atoms with Crippen molar-refractivity contribution < 1.29 is 19.4 Å². The van der Waals surface area contributed by atoms with E-state index in [1.54, 1.807) is 12.1 Å². The fraction of sp³-hybridized carbons (Fsp3) is 0.438. The summed E-state index contributed by atoms with van der Waals surface area (Å²) in [6.45, 7) is 3.16. The molecule has 1 fully saturated rings. The Morgan fingerprint density at radius 1 is 1.35 bits per heavy atom. The number of aliphatic carboxylic acids is 1. The van der Waals surface area contributed by atoms with Gasteiger partial charge in [0.25, 0.3) is 0 Å². The lowest BCUT2D eigenvalue weighted by atomic mass is 10.2. The first-order chi connectivity index (χ1) is 9.69. The van der Waals surface area contributed by atoms with Gasteiger partial charge in [-0.3, -0.25) is 0 Å². The monoisotopic (exact) mass is 276 g/mol. The zero-order valence-corrected chi connectivity index (χ0v) is 11.7. The second kappa shape index (κ2) is 6.98. The van der Waals surface area contributed by atoms with Crippen LogP contribution in [0.2, 0.25) is 0 Å². The summed E-state index contributed by atoms with van der Waals surface area (Å²) in [7, 11) is 0. The highest BCUT2D eigenvalue weighted by Crippen LogP contribution is 2.34. The number of ether oxygens (including phenoxy) is 2. The molecule has 0 aromatic heterocycles. The molecule has 0 heterocycles. The van der Waals surface area contributed by atoms with Crippen LogP contribution < -0.4 is 9.47 Å². The van der Waals surface area contributed by atoms with Gasteiger partial charge in [-0.1, -0.05) is 18.9 Å². The third-order valence-corrected chi connectivity index (χ3v) is 3.17. The fourth-order valence-electron chi connectivity index (χ4n) is 1.93. The molecular formula is C16H20O4. The van der Waals surface area contributed by atoms with Crippen LogP contribution in [0.15, 0.2) is 24.3 Å². The second-order valence-corrected chi connectivity index (χ2v) is 4.89. The minimum absolute atomic E-state index is 0.547. The van der Waals surface area contributed by atoms with E-state index in [-0.39, 0.29) is 0 Å². The van der Waals surface area contributed by atoms with Gasteiger partial charge in [-0.15, -0.1) is 0 Å². The predicted molar refractivity (Wildman–Crippen MR) is 77.1 cm³/mol. The van der Waals surface area contributed by atoms with Gasteiger partial charge in [-0.05, 0) is 43.0 Å². The van der Waals surface area contributed by atoms with Gasteiger partial charge < -0.3 is 14.6 Å². The highest BCUT2D eigenvalue weighted by molar-refractivity contribution is 5.85. The van der Waals surface area contributed by atoms with E-state index in [0.29, 0.717) is 19.0 Å². The molecule has 0 bridgehead atoms. The molecule has 1 saturated carbocycles. The van der Waals surface area contributed by atoms with Gasteiger partial charge in [-0.2, -0.15) is 0 Å². The number of carbonyl (C=O) groups is 1. The summed E-state index contributed by atoms with van der Waals surface area (Å²) < 4.78 is 11.3. The quantitative estimate of drug-likeness (QED) is 0.740. The molecule has 1 aromatic carbocycles. The molecule has 0 saturated heterocycles. The van der Waals surface area contributed by atoms with Crippen molar-refractivity contribution in [2.75, 3.05) is 13.2 Å². The Kier molecular flexibility index (Phi) is 5.04. The van der Waals surface area contributed by atoms with E-state index in [0.717, 1.165) is 29.7 Å². The van der Waals surface area contributed by atoms with E-state index in [4.69, 9.17) is 14.6 Å². The van der Waals surface area contributed by atoms with Crippen LogP contribution in [-0.4, -0.2) is 24.3 Å². The number of rotatable bonds is 8. The van der Waals surface area contributed by atoms with Gasteiger partial charge in [0, 0.05) is 6.08 Å². The van der Waals surface area contributed by atoms with Crippen LogP contribution in [0, 0.1) is 5.92 Å². The van der Waals surface area contributed by atoms with Gasteiger partial charge in [0.05, 0.1) is 13.2 Å². The Labute approximate surface area is 119 Å². The Morgan fingerprint density at radius 2 is 2.15 bits per heavy atom. The Bertz CT molecular complexity index is 489. The number of carboxylic acid groups (broad SMARTS) is 1. The average Bonchev–Trinajstić information content (AvgIpc) is 3.23. The molecule has 0 unspecified atom stereocenters. The van der Waals surface area contributed by atoms with Crippen molar-refractivity contribution in [3.05, 3.63) is 29.8 Å². The summed E-state index contributed by atoms with van der Waals surface area (Å²) in [4.78, 5) is 10.5.